The third kappa shape index (κ3) is 4.66. The van der Waals surface area contributed by atoms with Crippen molar-refractivity contribution in [2.75, 3.05) is 4.72 Å². The van der Waals surface area contributed by atoms with Crippen LogP contribution in [0.15, 0.2) is 45.1 Å². The third-order valence-corrected chi connectivity index (χ3v) is 8.68. The Morgan fingerprint density at radius 3 is 2.43 bits per heavy atom. The number of rotatable bonds is 5. The summed E-state index contributed by atoms with van der Waals surface area (Å²) in [5, 5.41) is 0. The van der Waals surface area contributed by atoms with Crippen molar-refractivity contribution in [3.05, 3.63) is 77.4 Å². The van der Waals surface area contributed by atoms with Crippen LogP contribution in [-0.4, -0.2) is 8.42 Å². The summed E-state index contributed by atoms with van der Waals surface area (Å²) in [5.41, 5.74) is -0.388. The van der Waals surface area contributed by atoms with Crippen molar-refractivity contribution in [2.45, 2.75) is 10.6 Å². The van der Waals surface area contributed by atoms with Gasteiger partial charge in [0, 0.05) is 15.6 Å². The lowest BCUT2D eigenvalue weighted by molar-refractivity contribution is 0.500. The molecule has 3 rings (SSSR count). The molecule has 0 spiro atoms. The van der Waals surface area contributed by atoms with Gasteiger partial charge in [0.1, 0.15) is 5.82 Å². The van der Waals surface area contributed by atoms with E-state index in [-0.39, 0.29) is 36.3 Å². The van der Waals surface area contributed by atoms with Crippen LogP contribution in [0.3, 0.4) is 0 Å². The van der Waals surface area contributed by atoms with E-state index < -0.39 is 27.5 Å². The van der Waals surface area contributed by atoms with Gasteiger partial charge in [-0.15, -0.1) is 11.3 Å². The first-order chi connectivity index (χ1) is 13.1. The highest BCUT2D eigenvalue weighted by atomic mass is 127. The van der Waals surface area contributed by atoms with Crippen LogP contribution in [-0.2, 0) is 16.4 Å². The zero-order valence-electron chi connectivity index (χ0n) is 13.6. The molecule has 1 heterocycles. The average Bonchev–Trinajstić information content (AvgIpc) is 2.95. The number of hydrogen-bond acceptors (Lipinski definition) is 3. The number of sulfonamides is 1. The molecule has 0 amide bonds. The second-order valence-electron chi connectivity index (χ2n) is 5.59. The lowest BCUT2D eigenvalue weighted by Gasteiger charge is -2.14. The molecule has 0 aliphatic rings. The molecular formula is C17H9BrClF3INO2S2. The molecular weight excluding hydrogens is 614 g/mol. The van der Waals surface area contributed by atoms with Crippen LogP contribution < -0.4 is 4.72 Å². The predicted molar refractivity (Wildman–Crippen MR) is 116 cm³/mol. The highest BCUT2D eigenvalue weighted by Crippen LogP contribution is 2.36. The second-order valence-corrected chi connectivity index (χ2v) is 11.3. The maximum Gasteiger partial charge on any atom is 0.272 e. The van der Waals surface area contributed by atoms with E-state index >= 15 is 0 Å². The minimum atomic E-state index is -4.13. The fourth-order valence-electron chi connectivity index (χ4n) is 2.42. The van der Waals surface area contributed by atoms with Crippen LogP contribution >= 0.6 is 61.5 Å². The minimum Gasteiger partial charge on any atom is -0.279 e. The van der Waals surface area contributed by atoms with Crippen molar-refractivity contribution in [3.8, 4) is 0 Å². The molecule has 1 aromatic heterocycles. The molecule has 0 bridgehead atoms. The monoisotopic (exact) mass is 621 g/mol. The van der Waals surface area contributed by atoms with Crippen molar-refractivity contribution >= 4 is 77.2 Å². The Morgan fingerprint density at radius 1 is 1.11 bits per heavy atom. The summed E-state index contributed by atoms with van der Waals surface area (Å²) < 4.78 is 71.0. The molecule has 0 saturated heterocycles. The molecule has 0 atom stereocenters. The fraction of sp³-hybridized carbons (Fsp3) is 0.0588. The Bertz CT molecular complexity index is 1170. The second kappa shape index (κ2) is 8.50. The van der Waals surface area contributed by atoms with Gasteiger partial charge < -0.3 is 0 Å². The maximum absolute atomic E-state index is 14.5. The Morgan fingerprint density at radius 2 is 1.82 bits per heavy atom. The molecule has 148 valence electrons. The van der Waals surface area contributed by atoms with Crippen LogP contribution in [0, 0.1) is 21.0 Å². The smallest absolute Gasteiger partial charge is 0.272 e. The van der Waals surface area contributed by atoms with E-state index in [1.165, 1.54) is 18.2 Å². The first-order valence-corrected chi connectivity index (χ1v) is 12.0. The first kappa shape index (κ1) is 21.9. The summed E-state index contributed by atoms with van der Waals surface area (Å²) in [6.45, 7) is 0. The summed E-state index contributed by atoms with van der Waals surface area (Å²) in [4.78, 5) is 0. The molecule has 0 fully saturated rings. The summed E-state index contributed by atoms with van der Waals surface area (Å²) in [5.74, 6) is -3.01. The van der Waals surface area contributed by atoms with Gasteiger partial charge in [0.15, 0.2) is 15.8 Å². The van der Waals surface area contributed by atoms with Crippen LogP contribution in [0.4, 0.5) is 18.9 Å². The lowest BCUT2D eigenvalue weighted by atomic mass is 10.0. The fourth-order valence-corrected chi connectivity index (χ4v) is 6.97. The van der Waals surface area contributed by atoms with E-state index in [2.05, 4.69) is 20.7 Å². The first-order valence-electron chi connectivity index (χ1n) is 7.47. The van der Waals surface area contributed by atoms with Crippen molar-refractivity contribution in [3.63, 3.8) is 0 Å². The Labute approximate surface area is 190 Å². The van der Waals surface area contributed by atoms with Crippen LogP contribution in [0.5, 0.6) is 0 Å². The quantitative estimate of drug-likeness (QED) is 0.327. The van der Waals surface area contributed by atoms with Gasteiger partial charge in [-0.2, -0.15) is 0 Å². The number of hydrogen-bond donors (Lipinski definition) is 1. The van der Waals surface area contributed by atoms with E-state index in [0.29, 0.717) is 3.57 Å². The summed E-state index contributed by atoms with van der Waals surface area (Å²) in [6.07, 6.45) is -0.337. The summed E-state index contributed by atoms with van der Waals surface area (Å²) in [7, 11) is -4.13. The molecule has 0 saturated carbocycles. The van der Waals surface area contributed by atoms with E-state index in [4.69, 9.17) is 11.6 Å². The predicted octanol–water partition coefficient (Wildman–Crippen LogP) is 6.58. The standard InChI is InChI=1S/C17H9BrClF3INO2S2/c18-11-7-15(19)27-17(11)28(25,26)24-14-4-3-12(20)16(22)10(14)5-8-1-2-9(23)6-13(8)21/h1-4,6-7,24H,5H2. The van der Waals surface area contributed by atoms with Gasteiger partial charge >= 0.3 is 0 Å². The molecule has 1 N–H and O–H groups in total. The largest absolute Gasteiger partial charge is 0.279 e. The zero-order valence-corrected chi connectivity index (χ0v) is 19.7. The molecule has 0 radical (unpaired) electrons. The molecule has 0 aliphatic heterocycles. The molecule has 28 heavy (non-hydrogen) atoms. The van der Waals surface area contributed by atoms with Crippen LogP contribution in [0.25, 0.3) is 0 Å². The van der Waals surface area contributed by atoms with Crippen LogP contribution in [0.2, 0.25) is 4.34 Å². The summed E-state index contributed by atoms with van der Waals surface area (Å²) >= 11 is 11.7. The van der Waals surface area contributed by atoms with E-state index in [1.807, 2.05) is 22.6 Å². The lowest BCUT2D eigenvalue weighted by Crippen LogP contribution is -2.15. The van der Waals surface area contributed by atoms with Crippen LogP contribution in [0.1, 0.15) is 11.1 Å². The highest BCUT2D eigenvalue weighted by molar-refractivity contribution is 14.1. The van der Waals surface area contributed by atoms with E-state index in [1.54, 1.807) is 6.07 Å². The number of thiophene rings is 1. The van der Waals surface area contributed by atoms with Gasteiger partial charge in [0.05, 0.1) is 14.5 Å². The topological polar surface area (TPSA) is 46.2 Å². The molecule has 0 unspecified atom stereocenters. The van der Waals surface area contributed by atoms with Crippen molar-refractivity contribution in [1.29, 1.82) is 0 Å². The Balaban J connectivity index is 2.04. The zero-order chi connectivity index (χ0) is 20.6. The molecule has 3 aromatic rings. The SMILES string of the molecule is O=S(=O)(Nc1ccc(F)c(F)c1Cc1ccc(I)cc1F)c1sc(Cl)cc1Br. The van der Waals surface area contributed by atoms with Gasteiger partial charge in [-0.05, 0) is 74.4 Å². The molecule has 0 aliphatic carbocycles. The maximum atomic E-state index is 14.5. The van der Waals surface area contributed by atoms with E-state index in [9.17, 15) is 21.6 Å². The van der Waals surface area contributed by atoms with Crippen molar-refractivity contribution in [1.82, 2.24) is 0 Å². The van der Waals surface area contributed by atoms with Gasteiger partial charge in [-0.25, -0.2) is 21.6 Å². The van der Waals surface area contributed by atoms with Crippen molar-refractivity contribution in [2.24, 2.45) is 0 Å². The molecule has 2 aromatic carbocycles. The number of halogens is 6. The Hall–Kier alpha value is -0.820. The number of anilines is 1. The van der Waals surface area contributed by atoms with E-state index in [0.717, 1.165) is 23.5 Å². The summed E-state index contributed by atoms with van der Waals surface area (Å²) in [6, 6.07) is 7.62. The normalized spacial score (nSPS) is 11.6. The van der Waals surface area contributed by atoms with Gasteiger partial charge in [0.25, 0.3) is 10.0 Å². The highest BCUT2D eigenvalue weighted by Gasteiger charge is 2.24. The van der Waals surface area contributed by atoms with Gasteiger partial charge in [0.2, 0.25) is 0 Å². The Kier molecular flexibility index (Phi) is 6.64. The van der Waals surface area contributed by atoms with Gasteiger partial charge in [-0.3, -0.25) is 4.72 Å². The third-order valence-electron chi connectivity index (χ3n) is 3.69. The van der Waals surface area contributed by atoms with Gasteiger partial charge in [-0.1, -0.05) is 17.7 Å². The number of benzene rings is 2. The minimum absolute atomic E-state index is 0.103. The average molecular weight is 623 g/mol. The molecule has 3 nitrogen and oxygen atoms in total. The van der Waals surface area contributed by atoms with Crippen molar-refractivity contribution < 1.29 is 21.6 Å². The molecule has 11 heteroatoms. The number of nitrogens with one attached hydrogen (secondary N) is 1.